The number of hydrogen-bond acceptors (Lipinski definition) is 2. The summed E-state index contributed by atoms with van der Waals surface area (Å²) >= 11 is 0. The second-order valence-electron chi connectivity index (χ2n) is 6.15. The summed E-state index contributed by atoms with van der Waals surface area (Å²) < 4.78 is 0. The lowest BCUT2D eigenvalue weighted by Gasteiger charge is -2.08. The van der Waals surface area contributed by atoms with E-state index in [1.54, 1.807) is 24.3 Å². The van der Waals surface area contributed by atoms with Crippen LogP contribution in [0.4, 0.5) is 0 Å². The fourth-order valence-corrected chi connectivity index (χ4v) is 2.82. The fraction of sp³-hybridized carbons (Fsp3) is 0.524. The number of unbranched alkanes of at least 4 members (excludes halogenated alkanes) is 9. The molecule has 23 heavy (non-hydrogen) atoms. The van der Waals surface area contributed by atoms with Gasteiger partial charge in [0.05, 0.1) is 5.56 Å². The number of hydrogen-bond donors (Lipinski definition) is 2. The molecule has 0 atom stereocenters. The van der Waals surface area contributed by atoms with Crippen LogP contribution < -0.4 is 0 Å². The predicted molar refractivity (Wildman–Crippen MR) is 99.8 cm³/mol. The summed E-state index contributed by atoms with van der Waals surface area (Å²) in [6.45, 7) is 6.04. The number of allylic oxidation sites excluding steroid dienone is 3. The number of rotatable bonds is 12. The zero-order valence-corrected chi connectivity index (χ0v) is 14.6. The van der Waals surface area contributed by atoms with Gasteiger partial charge in [0.2, 0.25) is 0 Å². The molecule has 0 aromatic heterocycles. The first kappa shape index (κ1) is 19.3. The molecule has 2 N–H and O–H groups in total. The quantitative estimate of drug-likeness (QED) is 0.337. The van der Waals surface area contributed by atoms with Crippen molar-refractivity contribution >= 4 is 5.57 Å². The summed E-state index contributed by atoms with van der Waals surface area (Å²) in [5.41, 5.74) is 1.29. The minimum Gasteiger partial charge on any atom is -0.507 e. The molecule has 2 nitrogen and oxygen atoms in total. The van der Waals surface area contributed by atoms with Gasteiger partial charge in [0.1, 0.15) is 11.5 Å². The van der Waals surface area contributed by atoms with Gasteiger partial charge in [0, 0.05) is 0 Å². The van der Waals surface area contributed by atoms with Crippen LogP contribution in [0.3, 0.4) is 0 Å². The Morgan fingerprint density at radius 1 is 0.913 bits per heavy atom. The van der Waals surface area contributed by atoms with Crippen LogP contribution in [0.15, 0.2) is 36.9 Å². The van der Waals surface area contributed by atoms with E-state index in [0.717, 1.165) is 18.4 Å². The Kier molecular flexibility index (Phi) is 9.94. The topological polar surface area (TPSA) is 40.5 Å². The normalized spacial score (nSPS) is 11.6. The van der Waals surface area contributed by atoms with Crippen molar-refractivity contribution < 1.29 is 10.2 Å². The Morgan fingerprint density at radius 3 is 1.96 bits per heavy atom. The molecule has 0 saturated carbocycles. The number of phenolic OH excluding ortho intramolecular Hbond substituents is 2. The average Bonchev–Trinajstić information content (AvgIpc) is 2.54. The van der Waals surface area contributed by atoms with Crippen LogP contribution in [0.2, 0.25) is 0 Å². The first-order valence-electron chi connectivity index (χ1n) is 9.04. The third-order valence-electron chi connectivity index (χ3n) is 4.20. The van der Waals surface area contributed by atoms with E-state index < -0.39 is 0 Å². The highest BCUT2D eigenvalue weighted by molar-refractivity contribution is 5.80. The van der Waals surface area contributed by atoms with E-state index in [1.807, 2.05) is 0 Å². The Labute approximate surface area is 141 Å². The molecule has 1 rings (SSSR count). The molecule has 0 aliphatic rings. The van der Waals surface area contributed by atoms with Gasteiger partial charge in [-0.1, -0.05) is 83.1 Å². The number of benzene rings is 1. The van der Waals surface area contributed by atoms with Gasteiger partial charge >= 0.3 is 0 Å². The molecule has 0 aliphatic heterocycles. The number of aromatic hydroxyl groups is 2. The lowest BCUT2D eigenvalue weighted by atomic mass is 10.0. The zero-order valence-electron chi connectivity index (χ0n) is 14.6. The van der Waals surface area contributed by atoms with Gasteiger partial charge in [-0.05, 0) is 30.5 Å². The second kappa shape index (κ2) is 11.8. The molecule has 0 unspecified atom stereocenters. The zero-order chi connectivity index (χ0) is 16.9. The molecule has 2 heteroatoms. The lowest BCUT2D eigenvalue weighted by Crippen LogP contribution is -1.85. The first-order valence-corrected chi connectivity index (χ1v) is 9.04. The monoisotopic (exact) mass is 316 g/mol. The van der Waals surface area contributed by atoms with E-state index in [9.17, 15) is 10.2 Å². The maximum Gasteiger partial charge on any atom is 0.127 e. The van der Waals surface area contributed by atoms with Crippen molar-refractivity contribution in [3.05, 3.63) is 42.5 Å². The van der Waals surface area contributed by atoms with E-state index in [0.29, 0.717) is 5.56 Å². The van der Waals surface area contributed by atoms with Crippen molar-refractivity contribution in [1.29, 1.82) is 0 Å². The second-order valence-corrected chi connectivity index (χ2v) is 6.15. The van der Waals surface area contributed by atoms with Crippen LogP contribution >= 0.6 is 0 Å². The molecule has 0 spiro atoms. The molecule has 0 saturated heterocycles. The maximum atomic E-state index is 9.91. The summed E-state index contributed by atoms with van der Waals surface area (Å²) in [5, 5.41) is 19.8. The summed E-state index contributed by atoms with van der Waals surface area (Å²) in [5.74, 6) is 0.200. The van der Waals surface area contributed by atoms with Crippen LogP contribution in [0, 0.1) is 0 Å². The van der Waals surface area contributed by atoms with Crippen LogP contribution in [0.1, 0.15) is 76.7 Å². The van der Waals surface area contributed by atoms with Gasteiger partial charge in [-0.25, -0.2) is 0 Å². The third-order valence-corrected chi connectivity index (χ3v) is 4.20. The van der Waals surface area contributed by atoms with E-state index in [4.69, 9.17) is 0 Å². The smallest absolute Gasteiger partial charge is 0.127 e. The van der Waals surface area contributed by atoms with Gasteiger partial charge < -0.3 is 10.2 Å². The SMILES string of the molecule is C=CC(=CCCCCCCCCCCC)c1c(O)cccc1O. The Bertz CT molecular complexity index is 468. The molecule has 0 heterocycles. The molecular formula is C21H32O2. The lowest BCUT2D eigenvalue weighted by molar-refractivity contribution is 0.447. The maximum absolute atomic E-state index is 9.91. The minimum absolute atomic E-state index is 0.100. The Balaban J connectivity index is 2.29. The summed E-state index contributed by atoms with van der Waals surface area (Å²) in [7, 11) is 0. The van der Waals surface area contributed by atoms with Crippen molar-refractivity contribution in [3.8, 4) is 11.5 Å². The highest BCUT2D eigenvalue weighted by Gasteiger charge is 2.09. The number of phenols is 2. The summed E-state index contributed by atoms with van der Waals surface area (Å²) in [6.07, 6.45) is 16.5. The van der Waals surface area contributed by atoms with Gasteiger partial charge in [-0.2, -0.15) is 0 Å². The molecule has 1 aromatic carbocycles. The van der Waals surface area contributed by atoms with Gasteiger partial charge in [0.25, 0.3) is 0 Å². The molecule has 1 aromatic rings. The van der Waals surface area contributed by atoms with Gasteiger partial charge in [-0.3, -0.25) is 0 Å². The molecular weight excluding hydrogens is 284 g/mol. The van der Waals surface area contributed by atoms with Gasteiger partial charge in [0.15, 0.2) is 0 Å². The van der Waals surface area contributed by atoms with Crippen molar-refractivity contribution in [3.63, 3.8) is 0 Å². The first-order chi connectivity index (χ1) is 11.2. The standard InChI is InChI=1S/C21H32O2/c1-3-5-6-7-8-9-10-11-12-13-15-18(4-2)21-19(22)16-14-17-20(21)23/h4,14-17,22-23H,2-3,5-13H2,1H3. The molecule has 0 radical (unpaired) electrons. The fourth-order valence-electron chi connectivity index (χ4n) is 2.82. The van der Waals surface area contributed by atoms with Crippen LogP contribution in [-0.4, -0.2) is 10.2 Å². The van der Waals surface area contributed by atoms with Crippen LogP contribution in [0.25, 0.3) is 5.57 Å². The molecule has 0 aliphatic carbocycles. The predicted octanol–water partition coefficient (Wildman–Crippen LogP) is 6.59. The average molecular weight is 316 g/mol. The van der Waals surface area contributed by atoms with Crippen molar-refractivity contribution in [2.45, 2.75) is 71.1 Å². The van der Waals surface area contributed by atoms with Crippen molar-refractivity contribution in [2.75, 3.05) is 0 Å². The van der Waals surface area contributed by atoms with Crippen molar-refractivity contribution in [2.24, 2.45) is 0 Å². The van der Waals surface area contributed by atoms with Crippen molar-refractivity contribution in [1.82, 2.24) is 0 Å². The molecule has 128 valence electrons. The summed E-state index contributed by atoms with van der Waals surface area (Å²) in [6, 6.07) is 4.81. The minimum atomic E-state index is 0.100. The van der Waals surface area contributed by atoms with E-state index in [2.05, 4.69) is 19.6 Å². The Morgan fingerprint density at radius 2 is 1.43 bits per heavy atom. The van der Waals surface area contributed by atoms with Crippen LogP contribution in [0.5, 0.6) is 11.5 Å². The van der Waals surface area contributed by atoms with Gasteiger partial charge in [-0.15, -0.1) is 0 Å². The highest BCUT2D eigenvalue weighted by atomic mass is 16.3. The molecule has 0 bridgehead atoms. The largest absolute Gasteiger partial charge is 0.507 e. The molecule has 0 amide bonds. The Hall–Kier alpha value is -1.70. The highest BCUT2D eigenvalue weighted by Crippen LogP contribution is 2.34. The molecule has 0 fully saturated rings. The van der Waals surface area contributed by atoms with E-state index in [-0.39, 0.29) is 11.5 Å². The summed E-state index contributed by atoms with van der Waals surface area (Å²) in [4.78, 5) is 0. The van der Waals surface area contributed by atoms with E-state index >= 15 is 0 Å². The van der Waals surface area contributed by atoms with E-state index in [1.165, 1.54) is 51.4 Å². The third kappa shape index (κ3) is 7.40. The van der Waals surface area contributed by atoms with Crippen LogP contribution in [-0.2, 0) is 0 Å².